The molecule has 3 rings (SSSR count). The summed E-state index contributed by atoms with van der Waals surface area (Å²) in [6.07, 6.45) is 4.82. The van der Waals surface area contributed by atoms with E-state index in [1.54, 1.807) is 38.4 Å². The first-order chi connectivity index (χ1) is 13.4. The highest BCUT2D eigenvalue weighted by Crippen LogP contribution is 2.20. The van der Waals surface area contributed by atoms with Crippen LogP contribution in [0.1, 0.15) is 36.0 Å². The van der Waals surface area contributed by atoms with Crippen LogP contribution in [0.3, 0.4) is 0 Å². The largest absolute Gasteiger partial charge is 0.349 e. The molecular weight excluding hydrogens is 359 g/mol. The van der Waals surface area contributed by atoms with Crippen molar-refractivity contribution in [3.63, 3.8) is 0 Å². The Morgan fingerprint density at radius 3 is 2.29 bits per heavy atom. The lowest BCUT2D eigenvalue weighted by molar-refractivity contribution is 0.0923. The number of rotatable bonds is 4. The molecule has 1 heterocycles. The average molecular weight is 384 g/mol. The zero-order chi connectivity index (χ0) is 20.1. The Hall–Kier alpha value is -2.96. The van der Waals surface area contributed by atoms with Crippen LogP contribution in [0.15, 0.2) is 42.6 Å². The van der Waals surface area contributed by atoms with Gasteiger partial charge in [0, 0.05) is 37.9 Å². The summed E-state index contributed by atoms with van der Waals surface area (Å²) in [5.74, 6) is -0.488. The molecule has 1 aromatic carbocycles. The second kappa shape index (κ2) is 8.82. The van der Waals surface area contributed by atoms with Gasteiger partial charge in [-0.3, -0.25) is 9.78 Å². The van der Waals surface area contributed by atoms with Crippen molar-refractivity contribution < 1.29 is 14.0 Å². The van der Waals surface area contributed by atoms with E-state index in [0.29, 0.717) is 16.8 Å². The van der Waals surface area contributed by atoms with Crippen LogP contribution in [-0.2, 0) is 0 Å². The molecule has 1 fully saturated rings. The van der Waals surface area contributed by atoms with Gasteiger partial charge < -0.3 is 15.5 Å². The van der Waals surface area contributed by atoms with Crippen LogP contribution < -0.4 is 10.6 Å². The summed E-state index contributed by atoms with van der Waals surface area (Å²) in [4.78, 5) is 30.0. The first-order valence-electron chi connectivity index (χ1n) is 9.43. The summed E-state index contributed by atoms with van der Waals surface area (Å²) in [7, 11) is 3.43. The van der Waals surface area contributed by atoms with Crippen LogP contribution in [0.4, 0.5) is 9.18 Å². The molecule has 1 aromatic heterocycles. The van der Waals surface area contributed by atoms with Gasteiger partial charge in [0.2, 0.25) is 0 Å². The van der Waals surface area contributed by atoms with E-state index in [-0.39, 0.29) is 29.8 Å². The average Bonchev–Trinajstić information content (AvgIpc) is 2.69. The molecule has 28 heavy (non-hydrogen) atoms. The molecule has 1 aliphatic carbocycles. The fourth-order valence-electron chi connectivity index (χ4n) is 3.30. The predicted molar refractivity (Wildman–Crippen MR) is 105 cm³/mol. The molecule has 2 N–H and O–H groups in total. The molecule has 0 atom stereocenters. The molecule has 7 heteroatoms. The summed E-state index contributed by atoms with van der Waals surface area (Å²) >= 11 is 0. The van der Waals surface area contributed by atoms with Crippen molar-refractivity contribution in [2.24, 2.45) is 0 Å². The van der Waals surface area contributed by atoms with Crippen molar-refractivity contribution >= 4 is 11.9 Å². The molecule has 3 amide bonds. The number of carbonyl (C=O) groups excluding carboxylic acids is 2. The topological polar surface area (TPSA) is 74.3 Å². The second-order valence-corrected chi connectivity index (χ2v) is 7.31. The molecule has 0 spiro atoms. The number of pyridine rings is 1. The lowest BCUT2D eigenvalue weighted by Gasteiger charge is -2.30. The van der Waals surface area contributed by atoms with Crippen LogP contribution in [0, 0.1) is 5.82 Å². The van der Waals surface area contributed by atoms with Gasteiger partial charge in [-0.15, -0.1) is 0 Å². The number of benzene rings is 1. The molecular formula is C21H25FN4O2. The van der Waals surface area contributed by atoms with E-state index in [2.05, 4.69) is 15.6 Å². The van der Waals surface area contributed by atoms with Crippen molar-refractivity contribution in [2.45, 2.75) is 37.8 Å². The van der Waals surface area contributed by atoms with Crippen molar-refractivity contribution in [1.29, 1.82) is 0 Å². The van der Waals surface area contributed by atoms with E-state index in [9.17, 15) is 14.0 Å². The van der Waals surface area contributed by atoms with Crippen LogP contribution in [0.2, 0.25) is 0 Å². The van der Waals surface area contributed by atoms with E-state index in [1.165, 1.54) is 23.2 Å². The number of nitrogens with one attached hydrogen (secondary N) is 2. The third-order valence-electron chi connectivity index (χ3n) is 4.94. The lowest BCUT2D eigenvalue weighted by atomic mass is 9.91. The maximum atomic E-state index is 13.3. The Kier molecular flexibility index (Phi) is 6.23. The summed E-state index contributed by atoms with van der Waals surface area (Å²) in [6, 6.07) is 9.77. The zero-order valence-corrected chi connectivity index (χ0v) is 16.1. The monoisotopic (exact) mass is 384 g/mol. The Balaban J connectivity index is 1.52. The van der Waals surface area contributed by atoms with Gasteiger partial charge in [0.1, 0.15) is 5.82 Å². The fourth-order valence-corrected chi connectivity index (χ4v) is 3.30. The van der Waals surface area contributed by atoms with Crippen LogP contribution in [-0.4, -0.2) is 48.0 Å². The van der Waals surface area contributed by atoms with E-state index < -0.39 is 0 Å². The third-order valence-corrected chi connectivity index (χ3v) is 4.94. The van der Waals surface area contributed by atoms with Gasteiger partial charge in [-0.25, -0.2) is 9.18 Å². The summed E-state index contributed by atoms with van der Waals surface area (Å²) in [5, 5.41) is 6.03. The van der Waals surface area contributed by atoms with Gasteiger partial charge in [0.25, 0.3) is 5.91 Å². The number of carbonyl (C=O) groups is 2. The van der Waals surface area contributed by atoms with E-state index in [0.717, 1.165) is 25.7 Å². The van der Waals surface area contributed by atoms with Gasteiger partial charge >= 0.3 is 6.03 Å². The smallest absolute Gasteiger partial charge is 0.317 e. The van der Waals surface area contributed by atoms with Crippen molar-refractivity contribution in [1.82, 2.24) is 20.5 Å². The molecule has 148 valence electrons. The SMILES string of the molecule is CN(C)C(=O)NC1CCC(NC(=O)c2ccc(-c3cccc(F)c3)nc2)CC1. The van der Waals surface area contributed by atoms with Crippen molar-refractivity contribution in [3.8, 4) is 11.3 Å². The first kappa shape index (κ1) is 19.8. The number of amides is 3. The molecule has 1 aliphatic rings. The van der Waals surface area contributed by atoms with E-state index in [1.807, 2.05) is 0 Å². The third kappa shape index (κ3) is 5.06. The van der Waals surface area contributed by atoms with E-state index in [4.69, 9.17) is 0 Å². The minimum Gasteiger partial charge on any atom is -0.349 e. The van der Waals surface area contributed by atoms with Gasteiger partial charge in [-0.2, -0.15) is 0 Å². The lowest BCUT2D eigenvalue weighted by Crippen LogP contribution is -2.46. The number of urea groups is 1. The van der Waals surface area contributed by atoms with Crippen LogP contribution in [0.5, 0.6) is 0 Å². The van der Waals surface area contributed by atoms with Gasteiger partial charge in [-0.1, -0.05) is 12.1 Å². The van der Waals surface area contributed by atoms with Gasteiger partial charge in [0.15, 0.2) is 0 Å². The molecule has 1 saturated carbocycles. The predicted octanol–water partition coefficient (Wildman–Crippen LogP) is 3.20. The molecule has 0 saturated heterocycles. The minimum atomic E-state index is -0.321. The number of hydrogen-bond acceptors (Lipinski definition) is 3. The number of halogens is 1. The fraction of sp³-hybridized carbons (Fsp3) is 0.381. The maximum Gasteiger partial charge on any atom is 0.317 e. The Morgan fingerprint density at radius 2 is 1.71 bits per heavy atom. The molecule has 0 aliphatic heterocycles. The summed E-state index contributed by atoms with van der Waals surface area (Å²) in [6.45, 7) is 0. The molecule has 0 unspecified atom stereocenters. The Bertz CT molecular complexity index is 831. The zero-order valence-electron chi connectivity index (χ0n) is 16.1. The van der Waals surface area contributed by atoms with E-state index >= 15 is 0 Å². The molecule has 0 bridgehead atoms. The highest BCUT2D eigenvalue weighted by Gasteiger charge is 2.24. The maximum absolute atomic E-state index is 13.3. The minimum absolute atomic E-state index is 0.0860. The summed E-state index contributed by atoms with van der Waals surface area (Å²) in [5.41, 5.74) is 1.77. The number of hydrogen-bond donors (Lipinski definition) is 2. The normalized spacial score (nSPS) is 19.0. The molecule has 0 radical (unpaired) electrons. The molecule has 2 aromatic rings. The number of nitrogens with zero attached hydrogens (tertiary/aromatic N) is 2. The van der Waals surface area contributed by atoms with Gasteiger partial charge in [-0.05, 0) is 49.9 Å². The molecule has 6 nitrogen and oxygen atoms in total. The highest BCUT2D eigenvalue weighted by atomic mass is 19.1. The van der Waals surface area contributed by atoms with Crippen LogP contribution in [0.25, 0.3) is 11.3 Å². The summed E-state index contributed by atoms with van der Waals surface area (Å²) < 4.78 is 13.3. The first-order valence-corrected chi connectivity index (χ1v) is 9.43. The van der Waals surface area contributed by atoms with Crippen molar-refractivity contribution in [2.75, 3.05) is 14.1 Å². The Labute approximate surface area is 164 Å². The van der Waals surface area contributed by atoms with Gasteiger partial charge in [0.05, 0.1) is 11.3 Å². The Morgan fingerprint density at radius 1 is 1.04 bits per heavy atom. The van der Waals surface area contributed by atoms with Crippen molar-refractivity contribution in [3.05, 3.63) is 54.0 Å². The van der Waals surface area contributed by atoms with Crippen LogP contribution >= 0.6 is 0 Å². The standard InChI is InChI=1S/C21H25FN4O2/c1-26(2)21(28)25-18-9-7-17(8-10-18)24-20(27)15-6-11-19(23-13-15)14-4-3-5-16(22)12-14/h3-6,11-13,17-18H,7-10H2,1-2H3,(H,24,27)(H,25,28). The highest BCUT2D eigenvalue weighted by molar-refractivity contribution is 5.94. The second-order valence-electron chi connectivity index (χ2n) is 7.31. The number of aromatic nitrogens is 1. The quantitative estimate of drug-likeness (QED) is 0.850.